The number of nitrogen functional groups attached to an aromatic ring is 1. The SMILES string of the molecule is CN(c1nc(-c2cnc(N)nc2)cc(N2CCOCC2)n1)c1ccnc2c(C(F)(F)F)cccc12. The Labute approximate surface area is 198 Å². The molecule has 9 nitrogen and oxygen atoms in total. The van der Waals surface area contributed by atoms with Gasteiger partial charge < -0.3 is 20.3 Å². The third-order valence-electron chi connectivity index (χ3n) is 5.72. The number of benzene rings is 1. The van der Waals surface area contributed by atoms with Gasteiger partial charge in [-0.1, -0.05) is 12.1 Å². The molecule has 1 saturated heterocycles. The Kier molecular flexibility index (Phi) is 5.81. The van der Waals surface area contributed by atoms with Crippen LogP contribution in [0.1, 0.15) is 5.56 Å². The van der Waals surface area contributed by atoms with E-state index in [4.69, 9.17) is 15.5 Å². The molecule has 0 spiro atoms. The molecule has 1 aliphatic rings. The molecule has 35 heavy (non-hydrogen) atoms. The molecule has 0 atom stereocenters. The molecule has 0 amide bonds. The van der Waals surface area contributed by atoms with E-state index in [1.54, 1.807) is 36.5 Å². The lowest BCUT2D eigenvalue weighted by molar-refractivity contribution is -0.136. The number of alkyl halides is 3. The van der Waals surface area contributed by atoms with Crippen molar-refractivity contribution in [1.29, 1.82) is 0 Å². The van der Waals surface area contributed by atoms with E-state index in [2.05, 4.69) is 24.8 Å². The highest BCUT2D eigenvalue weighted by Crippen LogP contribution is 2.38. The van der Waals surface area contributed by atoms with Crippen molar-refractivity contribution < 1.29 is 17.9 Å². The molecule has 0 saturated carbocycles. The number of anilines is 4. The zero-order valence-electron chi connectivity index (χ0n) is 18.7. The third kappa shape index (κ3) is 4.52. The summed E-state index contributed by atoms with van der Waals surface area (Å²) < 4.78 is 46.2. The van der Waals surface area contributed by atoms with E-state index >= 15 is 0 Å². The van der Waals surface area contributed by atoms with Crippen LogP contribution in [0.3, 0.4) is 0 Å². The molecule has 3 aromatic heterocycles. The van der Waals surface area contributed by atoms with E-state index in [1.807, 2.05) is 6.07 Å². The van der Waals surface area contributed by atoms with E-state index in [9.17, 15) is 13.2 Å². The molecule has 5 rings (SSSR count). The number of hydrogen-bond donors (Lipinski definition) is 1. The minimum Gasteiger partial charge on any atom is -0.378 e. The van der Waals surface area contributed by atoms with Crippen LogP contribution in [-0.2, 0) is 10.9 Å². The first kappa shape index (κ1) is 22.7. The zero-order valence-corrected chi connectivity index (χ0v) is 18.7. The maximum atomic E-state index is 13.6. The molecule has 12 heteroatoms. The van der Waals surface area contributed by atoms with Gasteiger partial charge in [-0.2, -0.15) is 18.2 Å². The number of morpholine rings is 1. The number of hydrogen-bond acceptors (Lipinski definition) is 9. The Morgan fingerprint density at radius 3 is 2.49 bits per heavy atom. The van der Waals surface area contributed by atoms with Crippen molar-refractivity contribution in [3.63, 3.8) is 0 Å². The standard InChI is InChI=1S/C23H21F3N8O/c1-33(18-5-6-28-20-15(18)3-2-4-16(20)23(24,25)26)22-31-17(14-12-29-21(27)30-13-14)11-19(32-22)34-7-9-35-10-8-34/h2-6,11-13H,7-10H2,1H3,(H2,27,29,30). The van der Waals surface area contributed by atoms with Gasteiger partial charge in [0.2, 0.25) is 11.9 Å². The fraction of sp³-hybridized carbons (Fsp3) is 0.261. The molecular formula is C23H21F3N8O. The topological polar surface area (TPSA) is 106 Å². The zero-order chi connectivity index (χ0) is 24.6. The highest BCUT2D eigenvalue weighted by Gasteiger charge is 2.33. The van der Waals surface area contributed by atoms with Gasteiger partial charge in [0.15, 0.2) is 0 Å². The second kappa shape index (κ2) is 8.95. The van der Waals surface area contributed by atoms with E-state index in [0.717, 1.165) is 6.07 Å². The van der Waals surface area contributed by atoms with Crippen molar-refractivity contribution in [2.24, 2.45) is 0 Å². The summed E-state index contributed by atoms with van der Waals surface area (Å²) in [5.74, 6) is 1.09. The van der Waals surface area contributed by atoms with Gasteiger partial charge >= 0.3 is 6.18 Å². The molecule has 2 N–H and O–H groups in total. The van der Waals surface area contributed by atoms with Crippen LogP contribution in [0.5, 0.6) is 0 Å². The fourth-order valence-electron chi connectivity index (χ4n) is 3.94. The maximum absolute atomic E-state index is 13.6. The van der Waals surface area contributed by atoms with Gasteiger partial charge in [-0.15, -0.1) is 0 Å². The number of rotatable bonds is 4. The number of fused-ring (bicyclic) bond motifs is 1. The van der Waals surface area contributed by atoms with E-state index in [1.165, 1.54) is 12.3 Å². The van der Waals surface area contributed by atoms with Crippen LogP contribution in [0.25, 0.3) is 22.2 Å². The van der Waals surface area contributed by atoms with Gasteiger partial charge in [0.1, 0.15) is 5.82 Å². The molecule has 0 bridgehead atoms. The summed E-state index contributed by atoms with van der Waals surface area (Å²) >= 11 is 0. The lowest BCUT2D eigenvalue weighted by Gasteiger charge is -2.29. The highest BCUT2D eigenvalue weighted by molar-refractivity contribution is 5.95. The van der Waals surface area contributed by atoms with Crippen LogP contribution < -0.4 is 15.5 Å². The van der Waals surface area contributed by atoms with Gasteiger partial charge in [-0.05, 0) is 12.1 Å². The second-order valence-corrected chi connectivity index (χ2v) is 7.93. The number of para-hydroxylation sites is 1. The van der Waals surface area contributed by atoms with Gasteiger partial charge in [-0.25, -0.2) is 15.0 Å². The number of nitrogens with zero attached hydrogens (tertiary/aromatic N) is 7. The van der Waals surface area contributed by atoms with Crippen LogP contribution in [0.2, 0.25) is 0 Å². The first-order valence-corrected chi connectivity index (χ1v) is 10.8. The van der Waals surface area contributed by atoms with E-state index in [-0.39, 0.29) is 11.5 Å². The average Bonchev–Trinajstić information content (AvgIpc) is 2.87. The number of nitrogens with two attached hydrogens (primary N) is 1. The summed E-state index contributed by atoms with van der Waals surface area (Å²) in [5.41, 5.74) is 6.36. The largest absolute Gasteiger partial charge is 0.418 e. The van der Waals surface area contributed by atoms with Crippen molar-refractivity contribution in [3.8, 4) is 11.3 Å². The summed E-state index contributed by atoms with van der Waals surface area (Å²) in [4.78, 5) is 25.2. The Hall–Kier alpha value is -4.06. The van der Waals surface area contributed by atoms with E-state index in [0.29, 0.717) is 60.4 Å². The molecular weight excluding hydrogens is 461 g/mol. The van der Waals surface area contributed by atoms with Gasteiger partial charge in [0.05, 0.1) is 35.7 Å². The third-order valence-corrected chi connectivity index (χ3v) is 5.72. The Balaban J connectivity index is 1.64. The molecule has 4 heterocycles. The van der Waals surface area contributed by atoms with Gasteiger partial charge in [-0.3, -0.25) is 4.98 Å². The lowest BCUT2D eigenvalue weighted by Crippen LogP contribution is -2.37. The van der Waals surface area contributed by atoms with Crippen molar-refractivity contribution >= 4 is 34.3 Å². The highest BCUT2D eigenvalue weighted by atomic mass is 19.4. The maximum Gasteiger partial charge on any atom is 0.418 e. The molecule has 0 aliphatic carbocycles. The summed E-state index contributed by atoms with van der Waals surface area (Å²) in [6, 6.07) is 7.45. The minimum absolute atomic E-state index is 0.136. The van der Waals surface area contributed by atoms with Gasteiger partial charge in [0.25, 0.3) is 0 Å². The average molecular weight is 482 g/mol. The van der Waals surface area contributed by atoms with Crippen molar-refractivity contribution in [1.82, 2.24) is 24.9 Å². The fourth-order valence-corrected chi connectivity index (χ4v) is 3.94. The first-order valence-electron chi connectivity index (χ1n) is 10.8. The predicted molar refractivity (Wildman–Crippen MR) is 125 cm³/mol. The molecule has 0 unspecified atom stereocenters. The first-order chi connectivity index (χ1) is 16.8. The van der Waals surface area contributed by atoms with Gasteiger partial charge in [0, 0.05) is 55.7 Å². The smallest absolute Gasteiger partial charge is 0.378 e. The minimum atomic E-state index is -4.53. The monoisotopic (exact) mass is 482 g/mol. The van der Waals surface area contributed by atoms with Crippen LogP contribution in [0.15, 0.2) is 48.9 Å². The lowest BCUT2D eigenvalue weighted by atomic mass is 10.1. The normalized spacial score (nSPS) is 14.3. The molecule has 1 aliphatic heterocycles. The Bertz CT molecular complexity index is 1360. The number of aromatic nitrogens is 5. The number of ether oxygens (including phenoxy) is 1. The van der Waals surface area contributed by atoms with Crippen molar-refractivity contribution in [2.75, 3.05) is 48.9 Å². The van der Waals surface area contributed by atoms with Crippen LogP contribution >= 0.6 is 0 Å². The number of pyridine rings is 1. The molecule has 1 aromatic carbocycles. The predicted octanol–water partition coefficient (Wildman–Crippen LogP) is 3.69. The van der Waals surface area contributed by atoms with E-state index < -0.39 is 11.7 Å². The molecule has 1 fully saturated rings. The Morgan fingerprint density at radius 1 is 1.03 bits per heavy atom. The summed E-state index contributed by atoms with van der Waals surface area (Å²) in [5, 5.41) is 0.336. The number of halogens is 3. The molecule has 0 radical (unpaired) electrons. The van der Waals surface area contributed by atoms with Crippen LogP contribution in [0, 0.1) is 0 Å². The molecule has 180 valence electrons. The summed E-state index contributed by atoms with van der Waals surface area (Å²) in [6.07, 6.45) is -0.0489. The van der Waals surface area contributed by atoms with Crippen molar-refractivity contribution in [2.45, 2.75) is 6.18 Å². The van der Waals surface area contributed by atoms with Crippen LogP contribution in [-0.4, -0.2) is 58.3 Å². The Morgan fingerprint density at radius 2 is 1.77 bits per heavy atom. The summed E-state index contributed by atoms with van der Waals surface area (Å²) in [7, 11) is 1.71. The summed E-state index contributed by atoms with van der Waals surface area (Å²) in [6.45, 7) is 2.41. The quantitative estimate of drug-likeness (QED) is 0.466. The van der Waals surface area contributed by atoms with Crippen molar-refractivity contribution in [3.05, 3.63) is 54.5 Å². The second-order valence-electron chi connectivity index (χ2n) is 7.93. The van der Waals surface area contributed by atoms with Crippen LogP contribution in [0.4, 0.5) is 36.6 Å². The molecule has 4 aromatic rings.